The predicted octanol–water partition coefficient (Wildman–Crippen LogP) is 4.47. The highest BCUT2D eigenvalue weighted by atomic mass is 79.9. The molecule has 0 fully saturated rings. The Kier molecular flexibility index (Phi) is 3.66. The minimum atomic E-state index is 0.679. The molecule has 1 aromatic carbocycles. The average Bonchev–Trinajstić information content (AvgIpc) is 2.31. The van der Waals surface area contributed by atoms with E-state index in [1.165, 1.54) is 0 Å². The van der Waals surface area contributed by atoms with Crippen LogP contribution in [0.3, 0.4) is 0 Å². The third-order valence-corrected chi connectivity index (χ3v) is 3.31. The molecule has 2 rings (SSSR count). The number of halogens is 2. The first-order valence-corrected chi connectivity index (χ1v) is 6.38. The molecule has 1 N–H and O–H groups in total. The van der Waals surface area contributed by atoms with Gasteiger partial charge in [0.05, 0.1) is 10.5 Å². The smallest absolute Gasteiger partial charge is 0.126 e. The molecule has 0 aliphatic heterocycles. The molecule has 0 aliphatic carbocycles. The highest BCUT2D eigenvalue weighted by Crippen LogP contribution is 2.29. The van der Waals surface area contributed by atoms with Gasteiger partial charge in [-0.1, -0.05) is 34.5 Å². The van der Waals surface area contributed by atoms with E-state index < -0.39 is 0 Å². The molecule has 0 spiro atoms. The summed E-state index contributed by atoms with van der Waals surface area (Å²) >= 11 is 9.61. The Bertz CT molecular complexity index is 514. The first-order valence-electron chi connectivity index (χ1n) is 5.21. The van der Waals surface area contributed by atoms with Gasteiger partial charge < -0.3 is 5.32 Å². The number of rotatable bonds is 3. The van der Waals surface area contributed by atoms with Gasteiger partial charge in [-0.2, -0.15) is 0 Å². The van der Waals surface area contributed by atoms with Crippen molar-refractivity contribution in [3.63, 3.8) is 0 Å². The first kappa shape index (κ1) is 11.7. The van der Waals surface area contributed by atoms with Crippen LogP contribution in [0.5, 0.6) is 0 Å². The van der Waals surface area contributed by atoms with Crippen molar-refractivity contribution in [3.8, 4) is 0 Å². The van der Waals surface area contributed by atoms with Crippen LogP contribution in [0.2, 0.25) is 5.02 Å². The van der Waals surface area contributed by atoms with Crippen LogP contribution in [0, 0.1) is 0 Å². The predicted molar refractivity (Wildman–Crippen MR) is 73.2 cm³/mol. The number of nitrogens with zero attached hydrogens (tertiary/aromatic N) is 1. The summed E-state index contributed by atoms with van der Waals surface area (Å²) in [4.78, 5) is 4.50. The van der Waals surface area contributed by atoms with Crippen LogP contribution >= 0.6 is 27.5 Å². The van der Waals surface area contributed by atoms with Crippen LogP contribution < -0.4 is 5.32 Å². The van der Waals surface area contributed by atoms with Gasteiger partial charge in [-0.3, -0.25) is 0 Å². The fraction of sp³-hybridized carbons (Fsp3) is 0.250. The number of benzene rings is 1. The molecule has 2 aromatic rings. The second kappa shape index (κ2) is 5.02. The van der Waals surface area contributed by atoms with Crippen LogP contribution in [0.15, 0.2) is 28.7 Å². The minimum absolute atomic E-state index is 0.679. The van der Waals surface area contributed by atoms with Crippen molar-refractivity contribution in [2.75, 3.05) is 11.9 Å². The van der Waals surface area contributed by atoms with E-state index in [1.54, 1.807) is 0 Å². The molecule has 1 aromatic heterocycles. The summed E-state index contributed by atoms with van der Waals surface area (Å²) in [5, 5.41) is 4.96. The highest BCUT2D eigenvalue weighted by Gasteiger charge is 2.05. The summed E-state index contributed by atoms with van der Waals surface area (Å²) < 4.78 is 1.02. The highest BCUT2D eigenvalue weighted by molar-refractivity contribution is 9.10. The fourth-order valence-electron chi connectivity index (χ4n) is 1.50. The number of fused-ring (bicyclic) bond motifs is 1. The molecule has 0 atom stereocenters. The largest absolute Gasteiger partial charge is 0.370 e. The molecular formula is C12H12BrClN2. The van der Waals surface area contributed by atoms with Crippen LogP contribution in [0.25, 0.3) is 10.9 Å². The van der Waals surface area contributed by atoms with E-state index >= 15 is 0 Å². The molecule has 0 bridgehead atoms. The summed E-state index contributed by atoms with van der Waals surface area (Å²) in [6.07, 6.45) is 1.08. The molecule has 0 aliphatic rings. The maximum Gasteiger partial charge on any atom is 0.126 e. The maximum absolute atomic E-state index is 6.12. The topological polar surface area (TPSA) is 24.9 Å². The number of hydrogen-bond acceptors (Lipinski definition) is 2. The maximum atomic E-state index is 6.12. The molecule has 0 saturated heterocycles. The van der Waals surface area contributed by atoms with Gasteiger partial charge >= 0.3 is 0 Å². The first-order chi connectivity index (χ1) is 7.72. The Hall–Kier alpha value is -0.800. The van der Waals surface area contributed by atoms with E-state index in [9.17, 15) is 0 Å². The zero-order valence-electron chi connectivity index (χ0n) is 8.93. The van der Waals surface area contributed by atoms with Gasteiger partial charge in [-0.15, -0.1) is 0 Å². The zero-order chi connectivity index (χ0) is 11.5. The number of aromatic nitrogens is 1. The minimum Gasteiger partial charge on any atom is -0.370 e. The van der Waals surface area contributed by atoms with Crippen LogP contribution in [-0.4, -0.2) is 11.5 Å². The summed E-state index contributed by atoms with van der Waals surface area (Å²) in [6, 6.07) is 7.78. The molecule has 0 radical (unpaired) electrons. The molecule has 0 amide bonds. The summed E-state index contributed by atoms with van der Waals surface area (Å²) in [5.74, 6) is 0.870. The van der Waals surface area contributed by atoms with Crippen molar-refractivity contribution < 1.29 is 0 Å². The molecule has 4 heteroatoms. The molecule has 16 heavy (non-hydrogen) atoms. The number of pyridine rings is 1. The van der Waals surface area contributed by atoms with Gasteiger partial charge in [0.25, 0.3) is 0 Å². The lowest BCUT2D eigenvalue weighted by Crippen LogP contribution is -2.01. The Morgan fingerprint density at radius 1 is 1.31 bits per heavy atom. The fourth-order valence-corrected chi connectivity index (χ4v) is 2.16. The molecule has 84 valence electrons. The van der Waals surface area contributed by atoms with E-state index in [2.05, 4.69) is 33.2 Å². The quantitative estimate of drug-likeness (QED) is 0.904. The van der Waals surface area contributed by atoms with E-state index in [1.807, 2.05) is 24.3 Å². The van der Waals surface area contributed by atoms with Crippen LogP contribution in [0.1, 0.15) is 13.3 Å². The molecule has 0 unspecified atom stereocenters. The normalized spacial score (nSPS) is 10.7. The summed E-state index contributed by atoms with van der Waals surface area (Å²) in [6.45, 7) is 3.04. The second-order valence-corrected chi connectivity index (χ2v) is 4.81. The van der Waals surface area contributed by atoms with Crippen LogP contribution in [-0.2, 0) is 0 Å². The van der Waals surface area contributed by atoms with E-state index in [0.717, 1.165) is 34.2 Å². The summed E-state index contributed by atoms with van der Waals surface area (Å²) in [7, 11) is 0. The average molecular weight is 300 g/mol. The SMILES string of the molecule is CCCNc1ccc2c(Br)ccc(Cl)c2n1. The van der Waals surface area contributed by atoms with Crippen molar-refractivity contribution in [2.24, 2.45) is 0 Å². The zero-order valence-corrected chi connectivity index (χ0v) is 11.3. The van der Waals surface area contributed by atoms with E-state index in [-0.39, 0.29) is 0 Å². The molecule has 1 heterocycles. The molecule has 0 saturated carbocycles. The Labute approximate surface area is 108 Å². The van der Waals surface area contributed by atoms with Crippen LogP contribution in [0.4, 0.5) is 5.82 Å². The number of nitrogens with one attached hydrogen (secondary N) is 1. The lowest BCUT2D eigenvalue weighted by atomic mass is 10.2. The van der Waals surface area contributed by atoms with Crippen molar-refractivity contribution in [2.45, 2.75) is 13.3 Å². The monoisotopic (exact) mass is 298 g/mol. The van der Waals surface area contributed by atoms with Gasteiger partial charge in [0.15, 0.2) is 0 Å². The van der Waals surface area contributed by atoms with Crippen molar-refractivity contribution in [1.29, 1.82) is 0 Å². The van der Waals surface area contributed by atoms with Gasteiger partial charge in [-0.05, 0) is 30.7 Å². The van der Waals surface area contributed by atoms with Gasteiger partial charge in [0, 0.05) is 16.4 Å². The lowest BCUT2D eigenvalue weighted by Gasteiger charge is -2.07. The van der Waals surface area contributed by atoms with Crippen molar-refractivity contribution >= 4 is 44.3 Å². The molecule has 2 nitrogen and oxygen atoms in total. The van der Waals surface area contributed by atoms with Gasteiger partial charge in [0.2, 0.25) is 0 Å². The van der Waals surface area contributed by atoms with Gasteiger partial charge in [-0.25, -0.2) is 4.98 Å². The number of anilines is 1. The Morgan fingerprint density at radius 2 is 2.12 bits per heavy atom. The second-order valence-electron chi connectivity index (χ2n) is 3.55. The third kappa shape index (κ3) is 2.30. The van der Waals surface area contributed by atoms with Crippen molar-refractivity contribution in [3.05, 3.63) is 33.8 Å². The third-order valence-electron chi connectivity index (χ3n) is 2.31. The lowest BCUT2D eigenvalue weighted by molar-refractivity contribution is 0.972. The number of hydrogen-bond donors (Lipinski definition) is 1. The van der Waals surface area contributed by atoms with Crippen molar-refractivity contribution in [1.82, 2.24) is 4.98 Å². The standard InChI is InChI=1S/C12H12BrClN2/c1-2-7-15-11-6-3-8-9(13)4-5-10(14)12(8)16-11/h3-6H,2,7H2,1H3,(H,15,16). The summed E-state index contributed by atoms with van der Waals surface area (Å²) in [5.41, 5.74) is 0.831. The Morgan fingerprint density at radius 3 is 2.88 bits per heavy atom. The Balaban J connectivity index is 2.48. The van der Waals surface area contributed by atoms with E-state index in [4.69, 9.17) is 11.6 Å². The molecular weight excluding hydrogens is 288 g/mol. The van der Waals surface area contributed by atoms with E-state index in [0.29, 0.717) is 5.02 Å². The van der Waals surface area contributed by atoms with Gasteiger partial charge in [0.1, 0.15) is 5.82 Å².